The number of aromatic nitrogens is 2. The number of rotatable bonds is 4. The lowest BCUT2D eigenvalue weighted by Gasteiger charge is -2.15. The summed E-state index contributed by atoms with van der Waals surface area (Å²) in [6.07, 6.45) is 3.73. The van der Waals surface area contributed by atoms with Gasteiger partial charge in [0.25, 0.3) is 0 Å². The van der Waals surface area contributed by atoms with Crippen LogP contribution in [0.1, 0.15) is 11.3 Å². The first-order chi connectivity index (χ1) is 11.2. The molecule has 0 radical (unpaired) electrons. The fourth-order valence-corrected chi connectivity index (χ4v) is 2.94. The standard InChI is InChI=1S/C17H13FN4S/c1-12-5-6-14(18)16(8-12)22(11-19)9-13-10-23-17(21-13)15-4-2-3-7-20-15/h2-8,10H,9H2,1H3. The molecular formula is C17H13FN4S. The second-order valence-corrected chi connectivity index (χ2v) is 5.86. The Bertz CT molecular complexity index is 855. The van der Waals surface area contributed by atoms with Crippen LogP contribution in [0.3, 0.4) is 0 Å². The van der Waals surface area contributed by atoms with Crippen LogP contribution in [0.4, 0.5) is 10.1 Å². The number of nitriles is 1. The van der Waals surface area contributed by atoms with Crippen molar-refractivity contribution in [1.29, 1.82) is 5.26 Å². The Kier molecular flexibility index (Phi) is 4.31. The molecule has 0 saturated carbocycles. The zero-order chi connectivity index (χ0) is 16.2. The van der Waals surface area contributed by atoms with Crippen LogP contribution >= 0.6 is 11.3 Å². The highest BCUT2D eigenvalue weighted by Crippen LogP contribution is 2.25. The van der Waals surface area contributed by atoms with E-state index in [2.05, 4.69) is 9.97 Å². The zero-order valence-corrected chi connectivity index (χ0v) is 13.2. The van der Waals surface area contributed by atoms with E-state index >= 15 is 0 Å². The van der Waals surface area contributed by atoms with E-state index < -0.39 is 5.82 Å². The summed E-state index contributed by atoms with van der Waals surface area (Å²) in [5, 5.41) is 12.0. The minimum Gasteiger partial charge on any atom is -0.270 e. The van der Waals surface area contributed by atoms with Gasteiger partial charge in [0, 0.05) is 11.6 Å². The van der Waals surface area contributed by atoms with Gasteiger partial charge in [0.15, 0.2) is 6.19 Å². The average molecular weight is 324 g/mol. The van der Waals surface area contributed by atoms with Gasteiger partial charge in [0.2, 0.25) is 0 Å². The summed E-state index contributed by atoms with van der Waals surface area (Å²) in [5.41, 5.74) is 2.65. The van der Waals surface area contributed by atoms with Crippen molar-refractivity contribution in [2.24, 2.45) is 0 Å². The lowest BCUT2D eigenvalue weighted by atomic mass is 10.2. The number of hydrogen-bond acceptors (Lipinski definition) is 5. The van der Waals surface area contributed by atoms with Crippen LogP contribution in [0.5, 0.6) is 0 Å². The van der Waals surface area contributed by atoms with Gasteiger partial charge < -0.3 is 0 Å². The minimum absolute atomic E-state index is 0.222. The van der Waals surface area contributed by atoms with Crippen molar-refractivity contribution in [3.8, 4) is 16.9 Å². The summed E-state index contributed by atoms with van der Waals surface area (Å²) in [6, 6.07) is 10.3. The molecule has 0 saturated heterocycles. The highest BCUT2D eigenvalue weighted by molar-refractivity contribution is 7.13. The number of aryl methyl sites for hydroxylation is 1. The Morgan fingerprint density at radius 1 is 1.30 bits per heavy atom. The molecule has 3 aromatic rings. The second-order valence-electron chi connectivity index (χ2n) is 5.00. The number of thiazole rings is 1. The first-order valence-electron chi connectivity index (χ1n) is 6.96. The van der Waals surface area contributed by atoms with Crippen molar-refractivity contribution in [1.82, 2.24) is 9.97 Å². The summed E-state index contributed by atoms with van der Waals surface area (Å²) >= 11 is 1.45. The van der Waals surface area contributed by atoms with Crippen molar-refractivity contribution in [3.05, 3.63) is 65.0 Å². The van der Waals surface area contributed by atoms with Gasteiger partial charge in [-0.2, -0.15) is 5.26 Å². The van der Waals surface area contributed by atoms with Gasteiger partial charge in [0.1, 0.15) is 10.8 Å². The second kappa shape index (κ2) is 6.55. The molecule has 3 rings (SSSR count). The molecule has 0 atom stereocenters. The lowest BCUT2D eigenvalue weighted by molar-refractivity contribution is 0.624. The third kappa shape index (κ3) is 3.35. The van der Waals surface area contributed by atoms with E-state index in [4.69, 9.17) is 0 Å². The van der Waals surface area contributed by atoms with Gasteiger partial charge in [-0.1, -0.05) is 12.1 Å². The van der Waals surface area contributed by atoms with Crippen LogP contribution in [-0.4, -0.2) is 9.97 Å². The summed E-state index contributed by atoms with van der Waals surface area (Å²) in [7, 11) is 0. The highest BCUT2D eigenvalue weighted by atomic mass is 32.1. The molecule has 0 amide bonds. The van der Waals surface area contributed by atoms with Crippen LogP contribution in [-0.2, 0) is 6.54 Å². The number of benzene rings is 1. The van der Waals surface area contributed by atoms with Crippen LogP contribution < -0.4 is 4.90 Å². The normalized spacial score (nSPS) is 10.3. The first-order valence-corrected chi connectivity index (χ1v) is 7.84. The van der Waals surface area contributed by atoms with E-state index in [-0.39, 0.29) is 12.2 Å². The van der Waals surface area contributed by atoms with Gasteiger partial charge in [-0.15, -0.1) is 11.3 Å². The van der Waals surface area contributed by atoms with Crippen LogP contribution in [0.2, 0.25) is 0 Å². The maximum absolute atomic E-state index is 14.0. The van der Waals surface area contributed by atoms with Gasteiger partial charge in [0.05, 0.1) is 23.6 Å². The topological polar surface area (TPSA) is 52.8 Å². The smallest absolute Gasteiger partial charge is 0.184 e. The van der Waals surface area contributed by atoms with Crippen molar-refractivity contribution >= 4 is 17.0 Å². The van der Waals surface area contributed by atoms with Gasteiger partial charge in [-0.3, -0.25) is 9.88 Å². The van der Waals surface area contributed by atoms with E-state index in [1.165, 1.54) is 22.3 Å². The summed E-state index contributed by atoms with van der Waals surface area (Å²) in [5.74, 6) is -0.419. The molecule has 0 spiro atoms. The van der Waals surface area contributed by atoms with Crippen LogP contribution in [0, 0.1) is 24.2 Å². The SMILES string of the molecule is Cc1ccc(F)c(N(C#N)Cc2csc(-c3ccccn3)n2)c1. The van der Waals surface area contributed by atoms with Crippen LogP contribution in [0.25, 0.3) is 10.7 Å². The highest BCUT2D eigenvalue weighted by Gasteiger charge is 2.14. The van der Waals surface area contributed by atoms with E-state index in [9.17, 15) is 9.65 Å². The Labute approximate surface area is 137 Å². The molecule has 0 aliphatic carbocycles. The molecule has 0 aliphatic rings. The zero-order valence-electron chi connectivity index (χ0n) is 12.4. The Morgan fingerprint density at radius 2 is 2.17 bits per heavy atom. The number of nitrogens with zero attached hydrogens (tertiary/aromatic N) is 4. The molecule has 23 heavy (non-hydrogen) atoms. The largest absolute Gasteiger partial charge is 0.270 e. The summed E-state index contributed by atoms with van der Waals surface area (Å²) in [6.45, 7) is 2.08. The molecule has 0 bridgehead atoms. The Morgan fingerprint density at radius 3 is 2.91 bits per heavy atom. The van der Waals surface area contributed by atoms with Gasteiger partial charge in [-0.05, 0) is 36.8 Å². The van der Waals surface area contributed by atoms with Crippen molar-refractivity contribution in [2.45, 2.75) is 13.5 Å². The Hall–Kier alpha value is -2.78. The molecule has 0 fully saturated rings. The minimum atomic E-state index is -0.419. The third-order valence-electron chi connectivity index (χ3n) is 3.27. The molecule has 0 aliphatic heterocycles. The predicted molar refractivity (Wildman–Crippen MR) is 88.3 cm³/mol. The summed E-state index contributed by atoms with van der Waals surface area (Å²) < 4.78 is 14.0. The molecule has 1 aromatic carbocycles. The monoisotopic (exact) mass is 324 g/mol. The van der Waals surface area contributed by atoms with Crippen molar-refractivity contribution < 1.29 is 4.39 Å². The molecular weight excluding hydrogens is 311 g/mol. The number of pyridine rings is 1. The van der Waals surface area contributed by atoms with Crippen molar-refractivity contribution in [2.75, 3.05) is 4.90 Å². The van der Waals surface area contributed by atoms with E-state index in [1.54, 1.807) is 18.3 Å². The van der Waals surface area contributed by atoms with Gasteiger partial charge >= 0.3 is 0 Å². The number of hydrogen-bond donors (Lipinski definition) is 0. The quantitative estimate of drug-likeness (QED) is 0.534. The van der Waals surface area contributed by atoms with E-state index in [1.807, 2.05) is 36.7 Å². The van der Waals surface area contributed by atoms with Crippen molar-refractivity contribution in [3.63, 3.8) is 0 Å². The summed E-state index contributed by atoms with van der Waals surface area (Å²) in [4.78, 5) is 10.0. The van der Waals surface area contributed by atoms with Crippen LogP contribution in [0.15, 0.2) is 48.0 Å². The first kappa shape index (κ1) is 15.1. The Balaban J connectivity index is 1.85. The molecule has 0 N–H and O–H groups in total. The fraction of sp³-hybridized carbons (Fsp3) is 0.118. The van der Waals surface area contributed by atoms with E-state index in [0.29, 0.717) is 5.69 Å². The number of anilines is 1. The third-order valence-corrected chi connectivity index (χ3v) is 4.18. The van der Waals surface area contributed by atoms with E-state index in [0.717, 1.165) is 16.3 Å². The maximum atomic E-state index is 14.0. The molecule has 2 aromatic heterocycles. The molecule has 6 heteroatoms. The molecule has 114 valence electrons. The fourth-order valence-electron chi connectivity index (χ4n) is 2.15. The molecule has 2 heterocycles. The molecule has 0 unspecified atom stereocenters. The van der Waals surface area contributed by atoms with Gasteiger partial charge in [-0.25, -0.2) is 9.37 Å². The maximum Gasteiger partial charge on any atom is 0.184 e. The number of halogens is 1. The lowest BCUT2D eigenvalue weighted by Crippen LogP contribution is -2.17. The predicted octanol–water partition coefficient (Wildman–Crippen LogP) is 4.14. The molecule has 4 nitrogen and oxygen atoms in total. The average Bonchev–Trinajstić information content (AvgIpc) is 3.04.